The lowest BCUT2D eigenvalue weighted by Gasteiger charge is -2.53. The van der Waals surface area contributed by atoms with Crippen LogP contribution < -0.4 is 0 Å². The first-order chi connectivity index (χ1) is 11.2. The van der Waals surface area contributed by atoms with Crippen LogP contribution in [0.2, 0.25) is 0 Å². The van der Waals surface area contributed by atoms with Crippen molar-refractivity contribution in [3.8, 4) is 0 Å². The molecule has 0 aromatic carbocycles. The molecule has 1 saturated carbocycles. The lowest BCUT2D eigenvalue weighted by molar-refractivity contribution is -0.202. The molecule has 23 heavy (non-hydrogen) atoms. The summed E-state index contributed by atoms with van der Waals surface area (Å²) >= 11 is 0. The minimum absolute atomic E-state index is 0.152. The van der Waals surface area contributed by atoms with Crippen LogP contribution in [0.3, 0.4) is 0 Å². The Morgan fingerprint density at radius 2 is 2.09 bits per heavy atom. The molecular weight excluding hydrogens is 292 g/mol. The second-order valence-corrected chi connectivity index (χ2v) is 7.21. The molecular formula is C18H24N2O3. The summed E-state index contributed by atoms with van der Waals surface area (Å²) in [5, 5.41) is 0. The van der Waals surface area contributed by atoms with E-state index in [1.807, 2.05) is 17.0 Å². The Balaban J connectivity index is 1.25. The number of hydrogen-bond donors (Lipinski definition) is 0. The predicted molar refractivity (Wildman–Crippen MR) is 84.7 cm³/mol. The number of hydrogen-bond acceptors (Lipinski definition) is 4. The van der Waals surface area contributed by atoms with Gasteiger partial charge in [0, 0.05) is 31.8 Å². The number of amides is 1. The van der Waals surface area contributed by atoms with Gasteiger partial charge in [-0.15, -0.1) is 0 Å². The minimum Gasteiger partial charge on any atom is -0.373 e. The van der Waals surface area contributed by atoms with E-state index in [9.17, 15) is 4.79 Å². The maximum absolute atomic E-state index is 12.1. The van der Waals surface area contributed by atoms with E-state index in [0.717, 1.165) is 44.5 Å². The van der Waals surface area contributed by atoms with E-state index in [4.69, 9.17) is 9.47 Å². The van der Waals surface area contributed by atoms with Crippen molar-refractivity contribution in [1.29, 1.82) is 0 Å². The fourth-order valence-corrected chi connectivity index (χ4v) is 3.56. The lowest BCUT2D eigenvalue weighted by atomic mass is 9.84. The van der Waals surface area contributed by atoms with Crippen LogP contribution in [0.4, 0.5) is 0 Å². The predicted octanol–water partition coefficient (Wildman–Crippen LogP) is 2.16. The molecule has 1 amide bonds. The third-order valence-electron chi connectivity index (χ3n) is 5.15. The molecule has 5 nitrogen and oxygen atoms in total. The molecule has 2 saturated heterocycles. The summed E-state index contributed by atoms with van der Waals surface area (Å²) < 4.78 is 12.1. The first kappa shape index (κ1) is 15.1. The highest BCUT2D eigenvalue weighted by Crippen LogP contribution is 2.38. The topological polar surface area (TPSA) is 51.7 Å². The van der Waals surface area contributed by atoms with E-state index in [1.54, 1.807) is 12.4 Å². The normalized spacial score (nSPS) is 26.1. The van der Waals surface area contributed by atoms with Crippen LogP contribution in [0.1, 0.15) is 37.7 Å². The lowest BCUT2D eigenvalue weighted by Crippen LogP contribution is -2.67. The van der Waals surface area contributed by atoms with Crippen molar-refractivity contribution in [3.63, 3.8) is 0 Å². The number of pyridine rings is 1. The molecule has 5 heteroatoms. The summed E-state index contributed by atoms with van der Waals surface area (Å²) in [6, 6.07) is 3.97. The van der Waals surface area contributed by atoms with E-state index in [0.29, 0.717) is 18.4 Å². The average molecular weight is 316 g/mol. The van der Waals surface area contributed by atoms with E-state index in [2.05, 4.69) is 4.98 Å². The van der Waals surface area contributed by atoms with Crippen LogP contribution in [0.5, 0.6) is 0 Å². The quantitative estimate of drug-likeness (QED) is 0.835. The Kier molecular flexibility index (Phi) is 4.07. The van der Waals surface area contributed by atoms with Crippen LogP contribution in [-0.4, -0.2) is 47.2 Å². The Labute approximate surface area is 137 Å². The molecule has 0 radical (unpaired) electrons. The van der Waals surface area contributed by atoms with Crippen molar-refractivity contribution in [2.45, 2.75) is 50.4 Å². The molecule has 1 aliphatic carbocycles. The Hall–Kier alpha value is -1.46. The zero-order valence-electron chi connectivity index (χ0n) is 13.4. The number of nitrogens with zero attached hydrogens (tertiary/aromatic N) is 2. The van der Waals surface area contributed by atoms with Gasteiger partial charge in [-0.2, -0.15) is 0 Å². The molecule has 0 N–H and O–H groups in total. The van der Waals surface area contributed by atoms with E-state index >= 15 is 0 Å². The summed E-state index contributed by atoms with van der Waals surface area (Å²) in [4.78, 5) is 18.1. The van der Waals surface area contributed by atoms with Crippen molar-refractivity contribution in [1.82, 2.24) is 9.88 Å². The fraction of sp³-hybridized carbons (Fsp3) is 0.667. The molecule has 0 bridgehead atoms. The van der Waals surface area contributed by atoms with Gasteiger partial charge in [0.05, 0.1) is 25.8 Å². The van der Waals surface area contributed by atoms with E-state index < -0.39 is 0 Å². The highest BCUT2D eigenvalue weighted by atomic mass is 16.5. The number of carbonyl (C=O) groups is 1. The number of ether oxygens (including phenoxy) is 2. The van der Waals surface area contributed by atoms with Gasteiger partial charge in [-0.25, -0.2) is 0 Å². The second kappa shape index (κ2) is 6.21. The third kappa shape index (κ3) is 3.56. The average Bonchev–Trinajstić information content (AvgIpc) is 3.36. The first-order valence-electron chi connectivity index (χ1n) is 8.65. The smallest absolute Gasteiger partial charge is 0.223 e. The van der Waals surface area contributed by atoms with Crippen LogP contribution in [0.25, 0.3) is 0 Å². The Bertz CT molecular complexity index is 553. The number of aromatic nitrogens is 1. The van der Waals surface area contributed by atoms with Crippen LogP contribution in [0, 0.1) is 5.92 Å². The van der Waals surface area contributed by atoms with Crippen molar-refractivity contribution >= 4 is 5.91 Å². The van der Waals surface area contributed by atoms with Gasteiger partial charge in [0.1, 0.15) is 5.60 Å². The maximum Gasteiger partial charge on any atom is 0.223 e. The highest BCUT2D eigenvalue weighted by Gasteiger charge is 2.49. The summed E-state index contributed by atoms with van der Waals surface area (Å²) in [7, 11) is 0. The summed E-state index contributed by atoms with van der Waals surface area (Å²) in [6.45, 7) is 2.83. The minimum atomic E-state index is -0.152. The van der Waals surface area contributed by atoms with Gasteiger partial charge < -0.3 is 14.4 Å². The summed E-state index contributed by atoms with van der Waals surface area (Å²) in [6.07, 6.45) is 8.82. The van der Waals surface area contributed by atoms with Gasteiger partial charge in [-0.3, -0.25) is 9.78 Å². The van der Waals surface area contributed by atoms with Gasteiger partial charge in [0.2, 0.25) is 5.91 Å². The molecule has 0 unspecified atom stereocenters. The van der Waals surface area contributed by atoms with E-state index in [-0.39, 0.29) is 11.7 Å². The molecule has 3 fully saturated rings. The van der Waals surface area contributed by atoms with Crippen LogP contribution in [-0.2, 0) is 20.9 Å². The molecule has 1 spiro atoms. The molecule has 1 aromatic rings. The molecule has 3 aliphatic rings. The van der Waals surface area contributed by atoms with Gasteiger partial charge in [-0.05, 0) is 42.9 Å². The summed E-state index contributed by atoms with van der Waals surface area (Å²) in [5.74, 6) is 0.962. The highest BCUT2D eigenvalue weighted by molar-refractivity contribution is 5.78. The molecule has 1 aromatic heterocycles. The van der Waals surface area contributed by atoms with Crippen LogP contribution in [0.15, 0.2) is 24.5 Å². The molecule has 4 rings (SSSR count). The van der Waals surface area contributed by atoms with Gasteiger partial charge in [-0.1, -0.05) is 0 Å². The van der Waals surface area contributed by atoms with Gasteiger partial charge >= 0.3 is 0 Å². The van der Waals surface area contributed by atoms with Crippen molar-refractivity contribution in [2.24, 2.45) is 5.92 Å². The molecule has 2 aliphatic heterocycles. The van der Waals surface area contributed by atoms with Gasteiger partial charge in [0.15, 0.2) is 0 Å². The molecule has 124 valence electrons. The van der Waals surface area contributed by atoms with E-state index in [1.165, 1.54) is 12.8 Å². The van der Waals surface area contributed by atoms with Crippen molar-refractivity contribution in [2.75, 3.05) is 19.7 Å². The second-order valence-electron chi connectivity index (χ2n) is 7.21. The zero-order valence-corrected chi connectivity index (χ0v) is 13.4. The number of rotatable bonds is 5. The zero-order chi connectivity index (χ0) is 15.7. The Morgan fingerprint density at radius 3 is 2.83 bits per heavy atom. The van der Waals surface area contributed by atoms with Crippen LogP contribution >= 0.6 is 0 Å². The van der Waals surface area contributed by atoms with Crippen molar-refractivity contribution in [3.05, 3.63) is 30.1 Å². The summed E-state index contributed by atoms with van der Waals surface area (Å²) in [5.41, 5.74) is 0.996. The third-order valence-corrected chi connectivity index (χ3v) is 5.15. The molecule has 1 atom stereocenters. The number of carbonyl (C=O) groups excluding carboxylic acids is 1. The maximum atomic E-state index is 12.1. The first-order valence-corrected chi connectivity index (χ1v) is 8.65. The molecule has 3 heterocycles. The van der Waals surface area contributed by atoms with Crippen molar-refractivity contribution < 1.29 is 14.3 Å². The monoisotopic (exact) mass is 316 g/mol. The Morgan fingerprint density at radius 1 is 1.30 bits per heavy atom. The fourth-order valence-electron chi connectivity index (χ4n) is 3.56. The van der Waals surface area contributed by atoms with Gasteiger partial charge in [0.25, 0.3) is 0 Å². The largest absolute Gasteiger partial charge is 0.373 e. The standard InChI is InChI=1S/C18H24N2O3/c21-17(9-14-1-2-14)20-12-18(13-20)10-16(5-8-23-18)22-11-15-3-6-19-7-4-15/h3-4,6-7,14,16H,1-2,5,8-13H2/t16-/m1/s1. The number of likely N-dealkylation sites (tertiary alicyclic amines) is 1. The SMILES string of the molecule is O=C(CC1CC1)N1CC2(C[C@H](OCc3ccncc3)CCO2)C1.